The lowest BCUT2D eigenvalue weighted by molar-refractivity contribution is -0.115. The van der Waals surface area contributed by atoms with Gasteiger partial charge in [0, 0.05) is 5.02 Å². The zero-order valence-electron chi connectivity index (χ0n) is 12.5. The molecule has 1 aliphatic heterocycles. The number of thioether (sulfide) groups is 1. The van der Waals surface area contributed by atoms with Crippen molar-refractivity contribution >= 4 is 57.0 Å². The first kappa shape index (κ1) is 15.2. The Morgan fingerprint density at radius 2 is 1.96 bits per heavy atom. The highest BCUT2D eigenvalue weighted by Gasteiger charge is 2.22. The molecule has 2 aromatic carbocycles. The molecule has 0 bridgehead atoms. The van der Waals surface area contributed by atoms with E-state index in [1.807, 2.05) is 54.6 Å². The van der Waals surface area contributed by atoms with Crippen LogP contribution in [0.5, 0.6) is 0 Å². The van der Waals surface area contributed by atoms with Gasteiger partial charge < -0.3 is 4.98 Å². The average molecular weight is 354 g/mol. The van der Waals surface area contributed by atoms with Crippen LogP contribution in [-0.4, -0.2) is 26.7 Å². The van der Waals surface area contributed by atoms with E-state index in [4.69, 9.17) is 11.6 Å². The number of rotatable bonds is 3. The van der Waals surface area contributed by atoms with E-state index in [2.05, 4.69) is 15.0 Å². The third-order valence-electron chi connectivity index (χ3n) is 3.61. The summed E-state index contributed by atoms with van der Waals surface area (Å²) < 4.78 is 0. The number of fused-ring (bicyclic) bond motifs is 1. The third kappa shape index (κ3) is 3.00. The molecule has 0 aliphatic carbocycles. The molecule has 0 atom stereocenters. The second-order valence-corrected chi connectivity index (χ2v) is 6.71. The van der Waals surface area contributed by atoms with Gasteiger partial charge in [0.1, 0.15) is 10.9 Å². The van der Waals surface area contributed by atoms with Crippen LogP contribution in [-0.2, 0) is 4.79 Å². The zero-order chi connectivity index (χ0) is 16.5. The molecule has 6 heteroatoms. The Morgan fingerprint density at radius 3 is 2.67 bits per heavy atom. The minimum Gasteiger partial charge on any atom is -0.338 e. The summed E-state index contributed by atoms with van der Waals surface area (Å²) in [5.41, 5.74) is 3.61. The van der Waals surface area contributed by atoms with Crippen LogP contribution in [0.4, 0.5) is 0 Å². The van der Waals surface area contributed by atoms with Crippen LogP contribution in [0.2, 0.25) is 5.02 Å². The summed E-state index contributed by atoms with van der Waals surface area (Å²) >= 11 is 7.38. The Labute approximate surface area is 147 Å². The average Bonchev–Trinajstić information content (AvgIpc) is 3.20. The summed E-state index contributed by atoms with van der Waals surface area (Å²) in [6, 6.07) is 15.3. The van der Waals surface area contributed by atoms with Gasteiger partial charge in [0.05, 0.1) is 22.4 Å². The minimum atomic E-state index is -0.117. The van der Waals surface area contributed by atoms with E-state index in [1.165, 1.54) is 11.8 Å². The number of H-pyrrole nitrogens is 1. The molecule has 2 heterocycles. The highest BCUT2D eigenvalue weighted by molar-refractivity contribution is 8.16. The molecular weight excluding hydrogens is 342 g/mol. The highest BCUT2D eigenvalue weighted by Crippen LogP contribution is 2.29. The Morgan fingerprint density at radius 1 is 1.17 bits per heavy atom. The molecule has 3 aromatic rings. The number of amides is 1. The van der Waals surface area contributed by atoms with E-state index in [0.717, 1.165) is 22.2 Å². The Balaban J connectivity index is 1.85. The number of benzene rings is 2. The molecule has 1 amide bonds. The molecule has 0 saturated heterocycles. The number of hydrogen-bond donors (Lipinski definition) is 1. The van der Waals surface area contributed by atoms with Crippen molar-refractivity contribution in [3.05, 3.63) is 64.9 Å². The number of para-hydroxylation sites is 2. The maximum atomic E-state index is 11.6. The molecule has 0 radical (unpaired) electrons. The summed E-state index contributed by atoms with van der Waals surface area (Å²) in [6.07, 6.45) is 1.97. The van der Waals surface area contributed by atoms with Gasteiger partial charge in [-0.2, -0.15) is 0 Å². The normalized spacial score (nSPS) is 15.1. The number of carbonyl (C=O) groups excluding carboxylic acids is 1. The Hall–Kier alpha value is -2.37. The molecule has 0 saturated carbocycles. The monoisotopic (exact) mass is 353 g/mol. The van der Waals surface area contributed by atoms with Crippen molar-refractivity contribution in [1.82, 2.24) is 9.97 Å². The van der Waals surface area contributed by atoms with Crippen molar-refractivity contribution in [3.8, 4) is 0 Å². The molecule has 24 heavy (non-hydrogen) atoms. The summed E-state index contributed by atoms with van der Waals surface area (Å²) in [5, 5.41) is 1.37. The lowest BCUT2D eigenvalue weighted by Gasteiger charge is -2.04. The number of carbonyl (C=O) groups is 1. The predicted octanol–water partition coefficient (Wildman–Crippen LogP) is 4.43. The van der Waals surface area contributed by atoms with Crippen molar-refractivity contribution in [2.75, 3.05) is 5.75 Å². The second-order valence-electron chi connectivity index (χ2n) is 5.31. The van der Waals surface area contributed by atoms with Gasteiger partial charge in [-0.3, -0.25) is 4.79 Å². The van der Waals surface area contributed by atoms with E-state index >= 15 is 0 Å². The van der Waals surface area contributed by atoms with Crippen LogP contribution in [0.15, 0.2) is 53.5 Å². The molecule has 0 unspecified atom stereocenters. The first-order valence-electron chi connectivity index (χ1n) is 7.36. The second kappa shape index (κ2) is 6.26. The number of nitrogens with one attached hydrogen (secondary N) is 1. The van der Waals surface area contributed by atoms with Gasteiger partial charge >= 0.3 is 0 Å². The fourth-order valence-electron chi connectivity index (χ4n) is 2.48. The molecule has 4 rings (SSSR count). The van der Waals surface area contributed by atoms with E-state index in [-0.39, 0.29) is 5.91 Å². The number of aromatic nitrogens is 2. The Bertz CT molecular complexity index is 956. The number of nitrogens with zero attached hydrogens (tertiary/aromatic N) is 2. The minimum absolute atomic E-state index is 0.117. The molecule has 118 valence electrons. The van der Waals surface area contributed by atoms with Crippen LogP contribution in [0.25, 0.3) is 22.7 Å². The van der Waals surface area contributed by atoms with Crippen molar-refractivity contribution in [1.29, 1.82) is 0 Å². The lowest BCUT2D eigenvalue weighted by Crippen LogP contribution is -1.97. The molecule has 4 nitrogen and oxygen atoms in total. The number of halogens is 1. The van der Waals surface area contributed by atoms with Crippen molar-refractivity contribution in [3.63, 3.8) is 0 Å². The SMILES string of the molecule is O=C1CSC(/C(=C\c2ccc(Cl)cc2)c2nc3ccccc3[nH]2)=N1. The summed E-state index contributed by atoms with van der Waals surface area (Å²) in [6.45, 7) is 0. The van der Waals surface area contributed by atoms with Gasteiger partial charge in [-0.05, 0) is 35.9 Å². The smallest absolute Gasteiger partial charge is 0.257 e. The lowest BCUT2D eigenvalue weighted by atomic mass is 10.1. The first-order chi connectivity index (χ1) is 11.7. The maximum absolute atomic E-state index is 11.6. The van der Waals surface area contributed by atoms with Gasteiger partial charge in [-0.1, -0.05) is 47.6 Å². The predicted molar refractivity (Wildman–Crippen MR) is 100 cm³/mol. The molecule has 1 N–H and O–H groups in total. The molecular formula is C18H12ClN3OS. The standard InChI is InChI=1S/C18H12ClN3OS/c19-12-7-5-11(6-8-12)9-13(18-22-16(23)10-24-18)17-20-14-3-1-2-4-15(14)21-17/h1-9H,10H2,(H,20,21)/b13-9-. The van der Waals surface area contributed by atoms with Crippen LogP contribution < -0.4 is 0 Å². The zero-order valence-corrected chi connectivity index (χ0v) is 14.1. The number of hydrogen-bond acceptors (Lipinski definition) is 3. The molecule has 1 aromatic heterocycles. The van der Waals surface area contributed by atoms with Gasteiger partial charge in [0.25, 0.3) is 5.91 Å². The fourth-order valence-corrected chi connectivity index (χ4v) is 3.41. The molecule has 1 aliphatic rings. The van der Waals surface area contributed by atoms with E-state index in [0.29, 0.717) is 21.6 Å². The van der Waals surface area contributed by atoms with Crippen LogP contribution >= 0.6 is 23.4 Å². The van der Waals surface area contributed by atoms with Crippen LogP contribution in [0.3, 0.4) is 0 Å². The van der Waals surface area contributed by atoms with Gasteiger partial charge in [-0.15, -0.1) is 0 Å². The molecule has 0 fully saturated rings. The maximum Gasteiger partial charge on any atom is 0.257 e. The number of aliphatic imine (C=N–C) groups is 1. The summed E-state index contributed by atoms with van der Waals surface area (Å²) in [5.74, 6) is 0.952. The highest BCUT2D eigenvalue weighted by atomic mass is 35.5. The van der Waals surface area contributed by atoms with Crippen LogP contribution in [0, 0.1) is 0 Å². The Kier molecular flexibility index (Phi) is 3.96. The van der Waals surface area contributed by atoms with E-state index in [1.54, 1.807) is 0 Å². The van der Waals surface area contributed by atoms with Crippen molar-refractivity contribution in [2.45, 2.75) is 0 Å². The summed E-state index contributed by atoms with van der Waals surface area (Å²) in [4.78, 5) is 23.7. The van der Waals surface area contributed by atoms with Gasteiger partial charge in [0.15, 0.2) is 0 Å². The number of aromatic amines is 1. The van der Waals surface area contributed by atoms with Gasteiger partial charge in [-0.25, -0.2) is 9.98 Å². The van der Waals surface area contributed by atoms with Crippen LogP contribution in [0.1, 0.15) is 11.4 Å². The topological polar surface area (TPSA) is 58.1 Å². The number of imidazole rings is 1. The van der Waals surface area contributed by atoms with E-state index in [9.17, 15) is 4.79 Å². The van der Waals surface area contributed by atoms with Gasteiger partial charge in [0.2, 0.25) is 0 Å². The fraction of sp³-hybridized carbons (Fsp3) is 0.0556. The van der Waals surface area contributed by atoms with E-state index < -0.39 is 0 Å². The quantitative estimate of drug-likeness (QED) is 0.757. The van der Waals surface area contributed by atoms with Crippen molar-refractivity contribution < 1.29 is 4.79 Å². The molecule has 0 spiro atoms. The van der Waals surface area contributed by atoms with Crippen molar-refractivity contribution in [2.24, 2.45) is 4.99 Å². The largest absolute Gasteiger partial charge is 0.338 e. The summed E-state index contributed by atoms with van der Waals surface area (Å²) in [7, 11) is 0. The first-order valence-corrected chi connectivity index (χ1v) is 8.72. The third-order valence-corrected chi connectivity index (χ3v) is 4.84.